The van der Waals surface area contributed by atoms with Crippen LogP contribution in [-0.4, -0.2) is 35.5 Å². The lowest BCUT2D eigenvalue weighted by Gasteiger charge is -2.15. The lowest BCUT2D eigenvalue weighted by Crippen LogP contribution is -2.38. The first-order valence-corrected chi connectivity index (χ1v) is 3.18. The van der Waals surface area contributed by atoms with Crippen LogP contribution >= 0.6 is 0 Å². The zero-order valence-corrected chi connectivity index (χ0v) is 5.96. The van der Waals surface area contributed by atoms with E-state index in [1.54, 1.807) is 0 Å². The van der Waals surface area contributed by atoms with Crippen molar-refractivity contribution < 1.29 is 10.2 Å². The molecule has 0 aromatic heterocycles. The number of rotatable bonds is 4. The second-order valence-corrected chi connectivity index (χ2v) is 2.33. The van der Waals surface area contributed by atoms with Gasteiger partial charge in [0.05, 0.1) is 13.2 Å². The second kappa shape index (κ2) is 4.73. The summed E-state index contributed by atoms with van der Waals surface area (Å²) in [6, 6.07) is 0.152. The van der Waals surface area contributed by atoms with Crippen LogP contribution in [0.1, 0.15) is 13.8 Å². The van der Waals surface area contributed by atoms with Crippen molar-refractivity contribution in [2.75, 3.05) is 13.2 Å². The summed E-state index contributed by atoms with van der Waals surface area (Å²) in [7, 11) is 0. The lowest BCUT2D eigenvalue weighted by atomic mass is 10.3. The molecule has 0 bridgehead atoms. The highest BCUT2D eigenvalue weighted by atomic mass is 16.3. The molecule has 0 saturated carbocycles. The first kappa shape index (κ1) is 8.88. The van der Waals surface area contributed by atoms with E-state index in [-0.39, 0.29) is 25.3 Å². The SMILES string of the molecule is C[C@@H](CO)N[C@@H](C)CO. The van der Waals surface area contributed by atoms with Crippen LogP contribution < -0.4 is 5.32 Å². The minimum absolute atomic E-state index is 0.0761. The molecule has 0 saturated heterocycles. The Kier molecular flexibility index (Phi) is 4.67. The second-order valence-electron chi connectivity index (χ2n) is 2.33. The van der Waals surface area contributed by atoms with Crippen molar-refractivity contribution >= 4 is 0 Å². The van der Waals surface area contributed by atoms with Gasteiger partial charge in [0.1, 0.15) is 0 Å². The average Bonchev–Trinajstić information content (AvgIpc) is 1.87. The molecular formula is C6H15NO2. The van der Waals surface area contributed by atoms with Crippen LogP contribution in [0, 0.1) is 0 Å². The van der Waals surface area contributed by atoms with Crippen LogP contribution in [-0.2, 0) is 0 Å². The maximum absolute atomic E-state index is 8.54. The topological polar surface area (TPSA) is 52.5 Å². The monoisotopic (exact) mass is 133 g/mol. The Hall–Kier alpha value is -0.120. The van der Waals surface area contributed by atoms with Gasteiger partial charge in [-0.1, -0.05) is 0 Å². The maximum Gasteiger partial charge on any atom is 0.0582 e. The lowest BCUT2D eigenvalue weighted by molar-refractivity contribution is 0.206. The van der Waals surface area contributed by atoms with Crippen molar-refractivity contribution in [3.05, 3.63) is 0 Å². The summed E-state index contributed by atoms with van der Waals surface area (Å²) >= 11 is 0. The number of hydrogen-bond donors (Lipinski definition) is 3. The molecule has 0 aromatic carbocycles. The highest BCUT2D eigenvalue weighted by Gasteiger charge is 2.02. The third-order valence-corrected chi connectivity index (χ3v) is 1.12. The van der Waals surface area contributed by atoms with Gasteiger partial charge in [0, 0.05) is 12.1 Å². The third-order valence-electron chi connectivity index (χ3n) is 1.12. The highest BCUT2D eigenvalue weighted by molar-refractivity contribution is 4.64. The molecule has 3 N–H and O–H groups in total. The standard InChI is InChI=1S/C6H15NO2/c1-5(3-8)7-6(2)4-9/h5-9H,3-4H2,1-2H3/t5-,6-/m0/s1. The van der Waals surface area contributed by atoms with Gasteiger partial charge in [-0.25, -0.2) is 0 Å². The van der Waals surface area contributed by atoms with Crippen molar-refractivity contribution in [3.63, 3.8) is 0 Å². The van der Waals surface area contributed by atoms with E-state index in [0.717, 1.165) is 0 Å². The predicted molar refractivity (Wildman–Crippen MR) is 36.2 cm³/mol. The Morgan fingerprint density at radius 2 is 1.44 bits per heavy atom. The van der Waals surface area contributed by atoms with Crippen LogP contribution in [0.25, 0.3) is 0 Å². The molecule has 0 aliphatic heterocycles. The van der Waals surface area contributed by atoms with Crippen LogP contribution in [0.2, 0.25) is 0 Å². The van der Waals surface area contributed by atoms with Gasteiger partial charge >= 0.3 is 0 Å². The van der Waals surface area contributed by atoms with Gasteiger partial charge in [0.2, 0.25) is 0 Å². The van der Waals surface area contributed by atoms with Crippen molar-refractivity contribution in [1.82, 2.24) is 5.32 Å². The largest absolute Gasteiger partial charge is 0.395 e. The summed E-state index contributed by atoms with van der Waals surface area (Å²) in [6.45, 7) is 3.97. The molecule has 0 aliphatic carbocycles. The summed E-state index contributed by atoms with van der Waals surface area (Å²) < 4.78 is 0. The smallest absolute Gasteiger partial charge is 0.0582 e. The fourth-order valence-electron chi connectivity index (χ4n) is 0.591. The third kappa shape index (κ3) is 4.39. The van der Waals surface area contributed by atoms with Gasteiger partial charge in [-0.05, 0) is 13.8 Å². The molecule has 9 heavy (non-hydrogen) atoms. The fourth-order valence-corrected chi connectivity index (χ4v) is 0.591. The maximum atomic E-state index is 8.54. The Bertz CT molecular complexity index is 60.1. The number of nitrogens with one attached hydrogen (secondary N) is 1. The zero-order chi connectivity index (χ0) is 7.28. The van der Waals surface area contributed by atoms with Gasteiger partial charge < -0.3 is 15.5 Å². The predicted octanol–water partition coefficient (Wildman–Crippen LogP) is -0.662. The molecule has 2 atom stereocenters. The number of aliphatic hydroxyl groups excluding tert-OH is 2. The van der Waals surface area contributed by atoms with E-state index >= 15 is 0 Å². The van der Waals surface area contributed by atoms with E-state index in [4.69, 9.17) is 10.2 Å². The minimum atomic E-state index is 0.0761. The van der Waals surface area contributed by atoms with Gasteiger partial charge in [-0.15, -0.1) is 0 Å². The van der Waals surface area contributed by atoms with E-state index in [9.17, 15) is 0 Å². The van der Waals surface area contributed by atoms with E-state index < -0.39 is 0 Å². The molecule has 0 amide bonds. The van der Waals surface area contributed by atoms with Crippen molar-refractivity contribution in [1.29, 1.82) is 0 Å². The first-order chi connectivity index (χ1) is 4.20. The number of aliphatic hydroxyl groups is 2. The summed E-state index contributed by atoms with van der Waals surface area (Å²) in [6.07, 6.45) is 0. The fraction of sp³-hybridized carbons (Fsp3) is 1.00. The van der Waals surface area contributed by atoms with Gasteiger partial charge in [-0.3, -0.25) is 0 Å². The molecule has 0 unspecified atom stereocenters. The van der Waals surface area contributed by atoms with E-state index in [1.165, 1.54) is 0 Å². The van der Waals surface area contributed by atoms with Crippen LogP contribution in [0.3, 0.4) is 0 Å². The number of hydrogen-bond acceptors (Lipinski definition) is 3. The van der Waals surface area contributed by atoms with E-state index in [2.05, 4.69) is 5.32 Å². The van der Waals surface area contributed by atoms with Gasteiger partial charge in [0.15, 0.2) is 0 Å². The van der Waals surface area contributed by atoms with Crippen molar-refractivity contribution in [2.24, 2.45) is 0 Å². The van der Waals surface area contributed by atoms with Gasteiger partial charge in [0.25, 0.3) is 0 Å². The summed E-state index contributed by atoms with van der Waals surface area (Å²) in [5, 5.41) is 20.0. The van der Waals surface area contributed by atoms with Crippen LogP contribution in [0.5, 0.6) is 0 Å². The molecule has 0 radical (unpaired) electrons. The highest BCUT2D eigenvalue weighted by Crippen LogP contribution is 1.83. The molecule has 3 heteroatoms. The van der Waals surface area contributed by atoms with Crippen LogP contribution in [0.4, 0.5) is 0 Å². The van der Waals surface area contributed by atoms with E-state index in [0.29, 0.717) is 0 Å². The summed E-state index contributed by atoms with van der Waals surface area (Å²) in [5.74, 6) is 0. The quantitative estimate of drug-likeness (QED) is 0.477. The minimum Gasteiger partial charge on any atom is -0.395 e. The molecule has 0 aliphatic rings. The molecule has 56 valence electrons. The Morgan fingerprint density at radius 3 is 1.67 bits per heavy atom. The Balaban J connectivity index is 3.22. The Morgan fingerprint density at radius 1 is 1.11 bits per heavy atom. The molecule has 0 aromatic rings. The molecule has 0 heterocycles. The zero-order valence-electron chi connectivity index (χ0n) is 5.96. The summed E-state index contributed by atoms with van der Waals surface area (Å²) in [5.41, 5.74) is 0. The molecule has 0 fully saturated rings. The van der Waals surface area contributed by atoms with Crippen molar-refractivity contribution in [2.45, 2.75) is 25.9 Å². The molecule has 0 spiro atoms. The molecule has 0 rings (SSSR count). The van der Waals surface area contributed by atoms with Crippen LogP contribution in [0.15, 0.2) is 0 Å². The normalized spacial score (nSPS) is 17.3. The van der Waals surface area contributed by atoms with E-state index in [1.807, 2.05) is 13.8 Å². The molecular weight excluding hydrogens is 118 g/mol. The molecule has 3 nitrogen and oxygen atoms in total. The first-order valence-electron chi connectivity index (χ1n) is 3.18. The van der Waals surface area contributed by atoms with Gasteiger partial charge in [-0.2, -0.15) is 0 Å². The Labute approximate surface area is 55.7 Å². The average molecular weight is 133 g/mol. The summed E-state index contributed by atoms with van der Waals surface area (Å²) in [4.78, 5) is 0. The van der Waals surface area contributed by atoms with Crippen molar-refractivity contribution in [3.8, 4) is 0 Å².